The Bertz CT molecular complexity index is 1200. The van der Waals surface area contributed by atoms with Gasteiger partial charge in [0.15, 0.2) is 6.61 Å². The van der Waals surface area contributed by atoms with Crippen molar-refractivity contribution in [3.05, 3.63) is 76.8 Å². The van der Waals surface area contributed by atoms with Crippen molar-refractivity contribution in [3.63, 3.8) is 0 Å². The zero-order valence-corrected chi connectivity index (χ0v) is 20.2. The average Bonchev–Trinajstić information content (AvgIpc) is 2.84. The topological polar surface area (TPSA) is 103 Å². The molecule has 3 aromatic rings. The maximum Gasteiger partial charge on any atom is 0.306 e. The predicted molar refractivity (Wildman–Crippen MR) is 133 cm³/mol. The first kappa shape index (κ1) is 25.9. The summed E-state index contributed by atoms with van der Waals surface area (Å²) in [7, 11) is 1.45. The van der Waals surface area contributed by atoms with Crippen LogP contribution in [-0.2, 0) is 19.1 Å². The first-order chi connectivity index (χ1) is 16.8. The molecule has 0 saturated carbocycles. The molecule has 0 aliphatic heterocycles. The zero-order chi connectivity index (χ0) is 25.2. The number of hydrogen-bond donors (Lipinski definition) is 2. The van der Waals surface area contributed by atoms with E-state index in [-0.39, 0.29) is 18.7 Å². The molecule has 0 aromatic heterocycles. The minimum Gasteiger partial charge on any atom is -0.495 e. The molecule has 3 aromatic carbocycles. The standard InChI is InChI=1S/C25H22Cl2N2O6/c1-33-22-11-6-16(26)14-20(22)29-24(31)15-34-25(32)13-12-23(30)28-17-7-9-18(10-8-17)35-21-5-3-2-4-19(21)27/h2-11,14H,12-13,15H2,1H3,(H,28,30)(H,29,31). The summed E-state index contributed by atoms with van der Waals surface area (Å²) in [5.74, 6) is -0.151. The van der Waals surface area contributed by atoms with Crippen LogP contribution in [0.15, 0.2) is 66.7 Å². The summed E-state index contributed by atoms with van der Waals surface area (Å²) in [6.07, 6.45) is -0.298. The summed E-state index contributed by atoms with van der Waals surface area (Å²) in [6.45, 7) is -0.511. The van der Waals surface area contributed by atoms with Gasteiger partial charge in [0.2, 0.25) is 5.91 Å². The van der Waals surface area contributed by atoms with Gasteiger partial charge < -0.3 is 24.8 Å². The molecule has 0 fully saturated rings. The fourth-order valence-corrected chi connectivity index (χ4v) is 3.23. The Kier molecular flexibility index (Phi) is 9.34. The van der Waals surface area contributed by atoms with Crippen LogP contribution in [0, 0.1) is 0 Å². The molecule has 0 aliphatic carbocycles. The van der Waals surface area contributed by atoms with Gasteiger partial charge in [0.25, 0.3) is 5.91 Å². The number of para-hydroxylation sites is 1. The van der Waals surface area contributed by atoms with Crippen molar-refractivity contribution in [3.8, 4) is 17.2 Å². The number of carbonyl (C=O) groups is 3. The van der Waals surface area contributed by atoms with Crippen molar-refractivity contribution in [2.24, 2.45) is 0 Å². The minimum atomic E-state index is -0.683. The highest BCUT2D eigenvalue weighted by Crippen LogP contribution is 2.29. The van der Waals surface area contributed by atoms with Crippen molar-refractivity contribution in [1.29, 1.82) is 0 Å². The lowest BCUT2D eigenvalue weighted by molar-refractivity contribution is -0.147. The molecular formula is C25H22Cl2N2O6. The normalized spacial score (nSPS) is 10.3. The number of nitrogens with one attached hydrogen (secondary N) is 2. The molecule has 182 valence electrons. The van der Waals surface area contributed by atoms with E-state index in [9.17, 15) is 14.4 Å². The maximum absolute atomic E-state index is 12.1. The lowest BCUT2D eigenvalue weighted by Gasteiger charge is -2.11. The fourth-order valence-electron chi connectivity index (χ4n) is 2.88. The van der Waals surface area contributed by atoms with Crippen molar-refractivity contribution >= 4 is 52.4 Å². The Hall–Kier alpha value is -3.75. The summed E-state index contributed by atoms with van der Waals surface area (Å²) in [4.78, 5) is 36.1. The van der Waals surface area contributed by atoms with Gasteiger partial charge in [-0.15, -0.1) is 0 Å². The van der Waals surface area contributed by atoms with Crippen molar-refractivity contribution < 1.29 is 28.6 Å². The van der Waals surface area contributed by atoms with Crippen LogP contribution in [0.3, 0.4) is 0 Å². The average molecular weight is 517 g/mol. The van der Waals surface area contributed by atoms with E-state index in [1.54, 1.807) is 54.6 Å². The van der Waals surface area contributed by atoms with Crippen LogP contribution >= 0.6 is 23.2 Å². The third-order valence-electron chi connectivity index (χ3n) is 4.56. The first-order valence-corrected chi connectivity index (χ1v) is 11.2. The van der Waals surface area contributed by atoms with Crippen LogP contribution in [0.4, 0.5) is 11.4 Å². The Morgan fingerprint density at radius 1 is 0.829 bits per heavy atom. The lowest BCUT2D eigenvalue weighted by atomic mass is 10.2. The number of ether oxygens (including phenoxy) is 3. The number of carbonyl (C=O) groups excluding carboxylic acids is 3. The van der Waals surface area contributed by atoms with E-state index in [0.29, 0.717) is 38.7 Å². The number of amides is 2. The number of benzene rings is 3. The van der Waals surface area contributed by atoms with E-state index < -0.39 is 18.5 Å². The van der Waals surface area contributed by atoms with E-state index in [1.165, 1.54) is 13.2 Å². The molecule has 35 heavy (non-hydrogen) atoms. The molecule has 0 aliphatic rings. The van der Waals surface area contributed by atoms with Gasteiger partial charge in [0, 0.05) is 17.1 Å². The lowest BCUT2D eigenvalue weighted by Crippen LogP contribution is -2.22. The van der Waals surface area contributed by atoms with Crippen LogP contribution in [-0.4, -0.2) is 31.5 Å². The van der Waals surface area contributed by atoms with Crippen LogP contribution in [0.5, 0.6) is 17.2 Å². The number of halogens is 2. The molecule has 10 heteroatoms. The van der Waals surface area contributed by atoms with Crippen LogP contribution in [0.25, 0.3) is 0 Å². The molecule has 2 N–H and O–H groups in total. The van der Waals surface area contributed by atoms with E-state index in [0.717, 1.165) is 0 Å². The third kappa shape index (κ3) is 8.20. The molecule has 0 radical (unpaired) electrons. The largest absolute Gasteiger partial charge is 0.495 e. The third-order valence-corrected chi connectivity index (χ3v) is 5.11. The van der Waals surface area contributed by atoms with Gasteiger partial charge in [0.05, 0.1) is 24.2 Å². The highest BCUT2D eigenvalue weighted by Gasteiger charge is 2.13. The predicted octanol–water partition coefficient (Wildman–Crippen LogP) is 5.69. The van der Waals surface area contributed by atoms with E-state index in [4.69, 9.17) is 37.4 Å². The zero-order valence-electron chi connectivity index (χ0n) is 18.7. The number of hydrogen-bond acceptors (Lipinski definition) is 6. The smallest absolute Gasteiger partial charge is 0.306 e. The van der Waals surface area contributed by atoms with E-state index in [2.05, 4.69) is 10.6 Å². The summed E-state index contributed by atoms with van der Waals surface area (Å²) in [5.41, 5.74) is 0.883. The van der Waals surface area contributed by atoms with Gasteiger partial charge >= 0.3 is 5.97 Å². The monoisotopic (exact) mass is 516 g/mol. The van der Waals surface area contributed by atoms with Gasteiger partial charge in [-0.3, -0.25) is 14.4 Å². The second-order valence-electron chi connectivity index (χ2n) is 7.16. The summed E-state index contributed by atoms with van der Waals surface area (Å²) < 4.78 is 15.8. The number of anilines is 2. The summed E-state index contributed by atoms with van der Waals surface area (Å²) in [6, 6.07) is 18.5. The van der Waals surface area contributed by atoms with Gasteiger partial charge in [-0.1, -0.05) is 35.3 Å². The molecule has 0 unspecified atom stereocenters. The summed E-state index contributed by atoms with van der Waals surface area (Å²) >= 11 is 12.0. The highest BCUT2D eigenvalue weighted by atomic mass is 35.5. The second kappa shape index (κ2) is 12.6. The first-order valence-electron chi connectivity index (χ1n) is 10.5. The fraction of sp³-hybridized carbons (Fsp3) is 0.160. The number of esters is 1. The van der Waals surface area contributed by atoms with Gasteiger partial charge in [-0.05, 0) is 54.6 Å². The highest BCUT2D eigenvalue weighted by molar-refractivity contribution is 6.32. The van der Waals surface area contributed by atoms with Gasteiger partial charge in [-0.25, -0.2) is 0 Å². The van der Waals surface area contributed by atoms with Crippen LogP contribution in [0.1, 0.15) is 12.8 Å². The second-order valence-corrected chi connectivity index (χ2v) is 8.00. The van der Waals surface area contributed by atoms with Gasteiger partial charge in [-0.2, -0.15) is 0 Å². The van der Waals surface area contributed by atoms with Crippen molar-refractivity contribution in [1.82, 2.24) is 0 Å². The van der Waals surface area contributed by atoms with Crippen molar-refractivity contribution in [2.45, 2.75) is 12.8 Å². The molecule has 0 bridgehead atoms. The SMILES string of the molecule is COc1ccc(Cl)cc1NC(=O)COC(=O)CCC(=O)Nc1ccc(Oc2ccccc2Cl)cc1. The maximum atomic E-state index is 12.1. The van der Waals surface area contributed by atoms with E-state index in [1.807, 2.05) is 6.07 Å². The molecule has 8 nitrogen and oxygen atoms in total. The number of methoxy groups -OCH3 is 1. The quantitative estimate of drug-likeness (QED) is 0.335. The van der Waals surface area contributed by atoms with Gasteiger partial charge in [0.1, 0.15) is 17.2 Å². The Morgan fingerprint density at radius 2 is 1.57 bits per heavy atom. The molecule has 0 saturated heterocycles. The molecule has 2 amide bonds. The molecule has 0 atom stereocenters. The summed E-state index contributed by atoms with van der Waals surface area (Å²) in [5, 5.41) is 6.13. The Morgan fingerprint density at radius 3 is 2.29 bits per heavy atom. The molecular weight excluding hydrogens is 495 g/mol. The Labute approximate surface area is 212 Å². The minimum absolute atomic E-state index is 0.111. The molecule has 3 rings (SSSR count). The van der Waals surface area contributed by atoms with Crippen molar-refractivity contribution in [2.75, 3.05) is 24.4 Å². The Balaban J connectivity index is 1.39. The molecule has 0 spiro atoms. The number of rotatable bonds is 10. The van der Waals surface area contributed by atoms with Crippen LogP contribution < -0.4 is 20.1 Å². The van der Waals surface area contributed by atoms with Crippen LogP contribution in [0.2, 0.25) is 10.0 Å². The molecule has 0 heterocycles. The van der Waals surface area contributed by atoms with E-state index >= 15 is 0 Å².